The van der Waals surface area contributed by atoms with Gasteiger partial charge in [-0.15, -0.1) is 0 Å². The third-order valence-electron chi connectivity index (χ3n) is 6.38. The summed E-state index contributed by atoms with van der Waals surface area (Å²) in [6, 6.07) is 14.0. The highest BCUT2D eigenvalue weighted by atomic mass is 19.1. The molecule has 3 aromatic rings. The van der Waals surface area contributed by atoms with Gasteiger partial charge in [0.25, 0.3) is 0 Å². The average molecular weight is 514 g/mol. The molecule has 8 nitrogen and oxygen atoms in total. The summed E-state index contributed by atoms with van der Waals surface area (Å²) in [5, 5.41) is 15.3. The van der Waals surface area contributed by atoms with Gasteiger partial charge in [0.2, 0.25) is 5.88 Å². The number of aromatic nitrogens is 1. The molecule has 1 fully saturated rings. The van der Waals surface area contributed by atoms with Gasteiger partial charge in [0.15, 0.2) is 0 Å². The molecular weight excluding hydrogens is 477 g/mol. The number of aryl methyl sites for hydroxylation is 1. The van der Waals surface area contributed by atoms with E-state index >= 15 is 0 Å². The monoisotopic (exact) mass is 513 g/mol. The Morgan fingerprint density at radius 1 is 1.14 bits per heavy atom. The molecular formula is C28H36FN3O5. The summed E-state index contributed by atoms with van der Waals surface area (Å²) in [4.78, 5) is 4.29. The molecule has 0 aliphatic carbocycles. The van der Waals surface area contributed by atoms with Gasteiger partial charge in [-0.05, 0) is 49.2 Å². The molecule has 1 saturated heterocycles. The minimum Gasteiger partial charge on any atom is -0.491 e. The third-order valence-corrected chi connectivity index (χ3v) is 6.38. The smallest absolute Gasteiger partial charge is 0.232 e. The van der Waals surface area contributed by atoms with Crippen LogP contribution in [-0.4, -0.2) is 81.0 Å². The van der Waals surface area contributed by atoms with E-state index in [-0.39, 0.29) is 12.4 Å². The summed E-state index contributed by atoms with van der Waals surface area (Å²) in [6.45, 7) is 6.97. The minimum absolute atomic E-state index is 0.177. The number of methoxy groups -OCH3 is 1. The van der Waals surface area contributed by atoms with Gasteiger partial charge in [0, 0.05) is 52.0 Å². The maximum atomic E-state index is 13.6. The Hall–Kier alpha value is -2.98. The van der Waals surface area contributed by atoms with Crippen LogP contribution in [0.15, 0.2) is 53.1 Å². The van der Waals surface area contributed by atoms with Gasteiger partial charge in [-0.2, -0.15) is 0 Å². The molecule has 2 heterocycles. The number of halogens is 1. The van der Waals surface area contributed by atoms with Crippen molar-refractivity contribution in [2.75, 3.05) is 64.6 Å². The molecule has 2 aromatic carbocycles. The van der Waals surface area contributed by atoms with Crippen molar-refractivity contribution in [1.82, 2.24) is 10.1 Å². The van der Waals surface area contributed by atoms with Crippen LogP contribution in [0.4, 0.5) is 10.3 Å². The molecule has 9 heteroatoms. The molecule has 37 heavy (non-hydrogen) atoms. The Morgan fingerprint density at radius 2 is 1.89 bits per heavy atom. The number of nitrogens with zero attached hydrogens (tertiary/aromatic N) is 3. The highest BCUT2D eigenvalue weighted by molar-refractivity contribution is 5.68. The van der Waals surface area contributed by atoms with Crippen molar-refractivity contribution in [2.24, 2.45) is 0 Å². The number of hydrogen-bond donors (Lipinski definition) is 1. The van der Waals surface area contributed by atoms with Crippen LogP contribution in [0.2, 0.25) is 0 Å². The van der Waals surface area contributed by atoms with Gasteiger partial charge >= 0.3 is 0 Å². The molecule has 1 aromatic heterocycles. The first-order valence-electron chi connectivity index (χ1n) is 12.7. The van der Waals surface area contributed by atoms with Gasteiger partial charge < -0.3 is 28.7 Å². The summed E-state index contributed by atoms with van der Waals surface area (Å²) in [7, 11) is 1.68. The first-order valence-corrected chi connectivity index (χ1v) is 12.7. The molecule has 0 bridgehead atoms. The normalized spacial score (nSPS) is 14.8. The number of morpholine rings is 1. The van der Waals surface area contributed by atoms with Crippen LogP contribution in [0.5, 0.6) is 5.75 Å². The lowest BCUT2D eigenvalue weighted by Crippen LogP contribution is -2.38. The van der Waals surface area contributed by atoms with Crippen LogP contribution in [0.25, 0.3) is 11.3 Å². The number of rotatable bonds is 13. The maximum Gasteiger partial charge on any atom is 0.232 e. The van der Waals surface area contributed by atoms with E-state index in [1.165, 1.54) is 12.1 Å². The molecule has 1 aliphatic rings. The first kappa shape index (κ1) is 27.1. The Morgan fingerprint density at radius 3 is 2.62 bits per heavy atom. The van der Waals surface area contributed by atoms with Gasteiger partial charge in [0.05, 0.1) is 18.8 Å². The van der Waals surface area contributed by atoms with Gasteiger partial charge in [-0.3, -0.25) is 4.90 Å². The third kappa shape index (κ3) is 7.52. The van der Waals surface area contributed by atoms with Crippen molar-refractivity contribution in [1.29, 1.82) is 0 Å². The SMILES string of the molecule is COCCCN(Cc1c(-c2ccc(F)cc2)noc1N1CCOCC1)C[C@H](O)COc1ccccc1C. The van der Waals surface area contributed by atoms with Gasteiger partial charge in [-0.25, -0.2) is 4.39 Å². The summed E-state index contributed by atoms with van der Waals surface area (Å²) in [6.07, 6.45) is 0.0921. The van der Waals surface area contributed by atoms with Crippen molar-refractivity contribution >= 4 is 5.88 Å². The second-order valence-corrected chi connectivity index (χ2v) is 9.23. The van der Waals surface area contributed by atoms with Crippen LogP contribution < -0.4 is 9.64 Å². The van der Waals surface area contributed by atoms with Crippen LogP contribution in [0.1, 0.15) is 17.5 Å². The van der Waals surface area contributed by atoms with Crippen LogP contribution in [0, 0.1) is 12.7 Å². The van der Waals surface area contributed by atoms with Crippen LogP contribution in [0.3, 0.4) is 0 Å². The number of anilines is 1. The van der Waals surface area contributed by atoms with Gasteiger partial charge in [-0.1, -0.05) is 23.4 Å². The van der Waals surface area contributed by atoms with Crippen molar-refractivity contribution < 1.29 is 28.2 Å². The summed E-state index contributed by atoms with van der Waals surface area (Å²) >= 11 is 0. The van der Waals surface area contributed by atoms with Crippen molar-refractivity contribution in [3.05, 3.63) is 65.5 Å². The molecule has 1 aliphatic heterocycles. The van der Waals surface area contributed by atoms with E-state index in [1.54, 1.807) is 19.2 Å². The molecule has 0 amide bonds. The van der Waals surface area contributed by atoms with E-state index in [4.69, 9.17) is 18.7 Å². The van der Waals surface area contributed by atoms with E-state index in [1.807, 2.05) is 31.2 Å². The second-order valence-electron chi connectivity index (χ2n) is 9.23. The van der Waals surface area contributed by atoms with Gasteiger partial charge in [0.1, 0.15) is 30.0 Å². The fourth-order valence-electron chi connectivity index (χ4n) is 4.44. The maximum absolute atomic E-state index is 13.6. The predicted octanol–water partition coefficient (Wildman–Crippen LogP) is 3.90. The molecule has 200 valence electrons. The molecule has 0 radical (unpaired) electrons. The van der Waals surface area contributed by atoms with E-state index in [0.717, 1.165) is 28.9 Å². The van der Waals surface area contributed by atoms with E-state index in [2.05, 4.69) is 15.0 Å². The van der Waals surface area contributed by atoms with E-state index in [0.29, 0.717) is 64.1 Å². The Labute approximate surface area is 217 Å². The lowest BCUT2D eigenvalue weighted by Gasteiger charge is -2.29. The summed E-state index contributed by atoms with van der Waals surface area (Å²) in [5.41, 5.74) is 3.37. The molecule has 1 N–H and O–H groups in total. The van der Waals surface area contributed by atoms with Crippen molar-refractivity contribution in [3.63, 3.8) is 0 Å². The summed E-state index contributed by atoms with van der Waals surface area (Å²) < 4.78 is 36.2. The molecule has 0 unspecified atom stereocenters. The standard InChI is InChI=1S/C28H36FN3O5/c1-21-6-3-4-7-26(21)36-20-24(33)18-31(12-5-15-34-2)19-25-27(22-8-10-23(29)11-9-22)30-37-28(25)32-13-16-35-17-14-32/h3-4,6-11,24,33H,5,12-20H2,1-2H3/t24-/m0/s1. The summed E-state index contributed by atoms with van der Waals surface area (Å²) in [5.74, 6) is 1.14. The Bertz CT molecular complexity index is 1100. The minimum atomic E-state index is -0.705. The number of benzene rings is 2. The lowest BCUT2D eigenvalue weighted by molar-refractivity contribution is 0.0615. The molecule has 1 atom stereocenters. The van der Waals surface area contributed by atoms with Crippen molar-refractivity contribution in [3.8, 4) is 17.0 Å². The fraction of sp³-hybridized carbons (Fsp3) is 0.464. The quantitative estimate of drug-likeness (QED) is 0.345. The number of para-hydroxylation sites is 1. The largest absolute Gasteiger partial charge is 0.491 e. The Kier molecular flexibility index (Phi) is 9.90. The average Bonchev–Trinajstić information content (AvgIpc) is 3.32. The topological polar surface area (TPSA) is 80.4 Å². The van der Waals surface area contributed by atoms with Crippen LogP contribution in [-0.2, 0) is 16.0 Å². The molecule has 0 spiro atoms. The second kappa shape index (κ2) is 13.5. The lowest BCUT2D eigenvalue weighted by atomic mass is 10.1. The number of ether oxygens (including phenoxy) is 3. The van der Waals surface area contributed by atoms with Crippen molar-refractivity contribution in [2.45, 2.75) is 26.0 Å². The zero-order valence-corrected chi connectivity index (χ0v) is 21.6. The number of aliphatic hydroxyl groups is 1. The van der Waals surface area contributed by atoms with E-state index < -0.39 is 6.10 Å². The first-order chi connectivity index (χ1) is 18.0. The highest BCUT2D eigenvalue weighted by Crippen LogP contribution is 2.33. The zero-order chi connectivity index (χ0) is 26.0. The number of aliphatic hydroxyl groups excluding tert-OH is 1. The number of hydrogen-bond acceptors (Lipinski definition) is 8. The predicted molar refractivity (Wildman–Crippen MR) is 139 cm³/mol. The molecule has 4 rings (SSSR count). The Balaban J connectivity index is 1.54. The molecule has 0 saturated carbocycles. The van der Waals surface area contributed by atoms with E-state index in [9.17, 15) is 9.50 Å². The fourth-order valence-corrected chi connectivity index (χ4v) is 4.44. The highest BCUT2D eigenvalue weighted by Gasteiger charge is 2.26. The van der Waals surface area contributed by atoms with Crippen LogP contribution >= 0.6 is 0 Å². The zero-order valence-electron chi connectivity index (χ0n) is 21.6.